The number of nitrogens with one attached hydrogen (secondary N) is 2. The predicted molar refractivity (Wildman–Crippen MR) is 108 cm³/mol. The second-order valence-corrected chi connectivity index (χ2v) is 8.63. The minimum Gasteiger partial charge on any atom is -0.353 e. The third-order valence-corrected chi connectivity index (χ3v) is 6.01. The number of benzene rings is 1. The summed E-state index contributed by atoms with van der Waals surface area (Å²) in [5.41, 5.74) is 0.349. The molecule has 6 nitrogen and oxygen atoms in total. The lowest BCUT2D eigenvalue weighted by Gasteiger charge is -2.43. The largest absolute Gasteiger partial charge is 0.353 e. The van der Waals surface area contributed by atoms with E-state index in [2.05, 4.69) is 26.3 Å². The second kappa shape index (κ2) is 9.05. The Kier molecular flexibility index (Phi) is 6.73. The molecule has 3 rings (SSSR count). The van der Waals surface area contributed by atoms with Crippen molar-refractivity contribution in [3.05, 3.63) is 35.9 Å². The van der Waals surface area contributed by atoms with Crippen molar-refractivity contribution in [1.82, 2.24) is 10.2 Å². The molecule has 2 N–H and O–H groups in total. The molecule has 2 fully saturated rings. The topological polar surface area (TPSA) is 63.1 Å². The summed E-state index contributed by atoms with van der Waals surface area (Å²) in [6.45, 7) is 3.98. The zero-order valence-electron chi connectivity index (χ0n) is 17.4. The van der Waals surface area contributed by atoms with Crippen LogP contribution in [0.15, 0.2) is 30.3 Å². The van der Waals surface area contributed by atoms with E-state index in [1.165, 1.54) is 4.90 Å². The van der Waals surface area contributed by atoms with Crippen LogP contribution in [0.1, 0.15) is 38.2 Å². The van der Waals surface area contributed by atoms with Crippen molar-refractivity contribution in [3.63, 3.8) is 0 Å². The highest BCUT2D eigenvalue weighted by Crippen LogP contribution is 2.42. The average molecular weight is 389 g/mol. The molecule has 28 heavy (non-hydrogen) atoms. The van der Waals surface area contributed by atoms with Crippen LogP contribution < -0.4 is 10.2 Å². The number of hydrogen-bond acceptors (Lipinski definition) is 3. The fourth-order valence-corrected chi connectivity index (χ4v) is 4.26. The van der Waals surface area contributed by atoms with E-state index in [-0.39, 0.29) is 18.4 Å². The van der Waals surface area contributed by atoms with Crippen LogP contribution in [0.5, 0.6) is 0 Å². The number of carbonyl (C=O) groups excluding carboxylic acids is 2. The molecular formula is C22H34N3O3+. The lowest BCUT2D eigenvalue weighted by Crippen LogP contribution is -3.06. The summed E-state index contributed by atoms with van der Waals surface area (Å²) in [6.07, 6.45) is 3.95. The number of hydrogen-bond donors (Lipinski definition) is 2. The highest BCUT2D eigenvalue weighted by molar-refractivity contribution is 5.89. The van der Waals surface area contributed by atoms with Crippen LogP contribution >= 0.6 is 0 Å². The molecule has 1 aliphatic heterocycles. The van der Waals surface area contributed by atoms with Crippen LogP contribution in [0, 0.1) is 5.92 Å². The maximum absolute atomic E-state index is 13.3. The lowest BCUT2D eigenvalue weighted by atomic mass is 9.83. The number of quaternary nitrogens is 1. The van der Waals surface area contributed by atoms with E-state index >= 15 is 0 Å². The first-order valence-electron chi connectivity index (χ1n) is 10.5. The molecule has 0 unspecified atom stereocenters. The third-order valence-electron chi connectivity index (χ3n) is 6.01. The summed E-state index contributed by atoms with van der Waals surface area (Å²) in [4.78, 5) is 29.3. The molecule has 1 aliphatic carbocycles. The van der Waals surface area contributed by atoms with Gasteiger partial charge in [-0.05, 0) is 37.2 Å². The Labute approximate surface area is 168 Å². The van der Waals surface area contributed by atoms with Crippen LogP contribution in [-0.4, -0.2) is 62.3 Å². The molecular weight excluding hydrogens is 354 g/mol. The second-order valence-electron chi connectivity index (χ2n) is 8.63. The van der Waals surface area contributed by atoms with Gasteiger partial charge in [0.05, 0.1) is 40.2 Å². The summed E-state index contributed by atoms with van der Waals surface area (Å²) in [6, 6.07) is 9.20. The third kappa shape index (κ3) is 4.73. The Bertz CT molecular complexity index is 669. The summed E-state index contributed by atoms with van der Waals surface area (Å²) in [5.74, 6) is 0.519. The lowest BCUT2D eigenvalue weighted by molar-refractivity contribution is -0.856. The molecule has 0 radical (unpaired) electrons. The van der Waals surface area contributed by atoms with Gasteiger partial charge in [-0.2, -0.15) is 0 Å². The summed E-state index contributed by atoms with van der Waals surface area (Å²) >= 11 is 0. The van der Waals surface area contributed by atoms with E-state index in [0.717, 1.165) is 37.8 Å². The SMILES string of the molecule is CC1CCC2(CC1)OC[C@H](C(=O)NCC[NH+](C)C)N2C(=O)Cc1ccccc1. The van der Waals surface area contributed by atoms with Crippen molar-refractivity contribution in [2.45, 2.75) is 50.8 Å². The van der Waals surface area contributed by atoms with Crippen molar-refractivity contribution >= 4 is 11.8 Å². The highest BCUT2D eigenvalue weighted by Gasteiger charge is 2.53. The smallest absolute Gasteiger partial charge is 0.245 e. The van der Waals surface area contributed by atoms with Gasteiger partial charge < -0.3 is 15.0 Å². The fourth-order valence-electron chi connectivity index (χ4n) is 4.26. The summed E-state index contributed by atoms with van der Waals surface area (Å²) < 4.78 is 6.20. The Balaban J connectivity index is 1.76. The van der Waals surface area contributed by atoms with Crippen molar-refractivity contribution in [2.75, 3.05) is 33.8 Å². The van der Waals surface area contributed by atoms with Crippen molar-refractivity contribution in [1.29, 1.82) is 0 Å². The number of carbonyl (C=O) groups is 2. The quantitative estimate of drug-likeness (QED) is 0.751. The molecule has 154 valence electrons. The van der Waals surface area contributed by atoms with Crippen molar-refractivity contribution in [2.24, 2.45) is 5.92 Å². The molecule has 1 aromatic rings. The molecule has 0 aromatic heterocycles. The Hall–Kier alpha value is -1.92. The molecule has 2 aliphatic rings. The zero-order chi connectivity index (χ0) is 20.1. The van der Waals surface area contributed by atoms with Gasteiger partial charge in [0.15, 0.2) is 0 Å². The number of likely N-dealkylation sites (N-methyl/N-ethyl adjacent to an activating group) is 1. The maximum atomic E-state index is 13.3. The Morgan fingerprint density at radius 3 is 2.54 bits per heavy atom. The van der Waals surface area contributed by atoms with E-state index in [1.807, 2.05) is 30.3 Å². The van der Waals surface area contributed by atoms with Crippen LogP contribution in [-0.2, 0) is 20.7 Å². The molecule has 1 aromatic carbocycles. The van der Waals surface area contributed by atoms with Crippen LogP contribution in [0.4, 0.5) is 0 Å². The van der Waals surface area contributed by atoms with Crippen LogP contribution in [0.3, 0.4) is 0 Å². The standard InChI is InChI=1S/C22H33N3O3/c1-17-9-11-22(12-10-17)25(20(26)15-18-7-5-4-6-8-18)19(16-28-22)21(27)23-13-14-24(2)3/h4-8,17,19H,9-16H2,1-3H3,(H,23,27)/p+1/t17?,19-,22?/m1/s1. The van der Waals surface area contributed by atoms with E-state index < -0.39 is 11.8 Å². The molecule has 1 saturated carbocycles. The van der Waals surface area contributed by atoms with Gasteiger partial charge >= 0.3 is 0 Å². The Morgan fingerprint density at radius 2 is 1.89 bits per heavy atom. The van der Waals surface area contributed by atoms with E-state index in [9.17, 15) is 9.59 Å². The van der Waals surface area contributed by atoms with Gasteiger partial charge in [0.25, 0.3) is 0 Å². The fraction of sp³-hybridized carbons (Fsp3) is 0.636. The molecule has 0 bridgehead atoms. The van der Waals surface area contributed by atoms with Gasteiger partial charge in [-0.1, -0.05) is 37.3 Å². The first-order chi connectivity index (χ1) is 13.4. The molecule has 1 saturated heterocycles. The maximum Gasteiger partial charge on any atom is 0.245 e. The molecule has 1 spiro atoms. The van der Waals surface area contributed by atoms with Gasteiger partial charge in [-0.25, -0.2) is 0 Å². The Morgan fingerprint density at radius 1 is 1.21 bits per heavy atom. The van der Waals surface area contributed by atoms with Gasteiger partial charge in [-0.15, -0.1) is 0 Å². The number of ether oxygens (including phenoxy) is 1. The van der Waals surface area contributed by atoms with Crippen molar-refractivity contribution in [3.8, 4) is 0 Å². The van der Waals surface area contributed by atoms with Gasteiger partial charge in [0, 0.05) is 0 Å². The van der Waals surface area contributed by atoms with Crippen molar-refractivity contribution < 1.29 is 19.2 Å². The number of nitrogens with zero attached hydrogens (tertiary/aromatic N) is 1. The monoisotopic (exact) mass is 388 g/mol. The summed E-state index contributed by atoms with van der Waals surface area (Å²) in [5, 5.41) is 3.00. The van der Waals surface area contributed by atoms with E-state index in [1.54, 1.807) is 4.90 Å². The van der Waals surface area contributed by atoms with Gasteiger partial charge in [0.1, 0.15) is 11.8 Å². The molecule has 1 heterocycles. The van der Waals surface area contributed by atoms with E-state index in [0.29, 0.717) is 18.9 Å². The minimum atomic E-state index is -0.618. The predicted octanol–water partition coefficient (Wildman–Crippen LogP) is 0.624. The molecule has 1 atom stereocenters. The first kappa shape index (κ1) is 20.8. The number of amides is 2. The molecule has 6 heteroatoms. The van der Waals surface area contributed by atoms with Gasteiger partial charge in [0.2, 0.25) is 11.8 Å². The zero-order valence-corrected chi connectivity index (χ0v) is 17.4. The highest BCUT2D eigenvalue weighted by atomic mass is 16.5. The van der Waals surface area contributed by atoms with Gasteiger partial charge in [-0.3, -0.25) is 14.5 Å². The van der Waals surface area contributed by atoms with Crippen LogP contribution in [0.25, 0.3) is 0 Å². The van der Waals surface area contributed by atoms with Crippen LogP contribution in [0.2, 0.25) is 0 Å². The number of rotatable bonds is 6. The average Bonchev–Trinajstić information content (AvgIpc) is 3.04. The first-order valence-corrected chi connectivity index (χ1v) is 10.5. The minimum absolute atomic E-state index is 0.0170. The normalized spacial score (nSPS) is 27.4. The molecule has 2 amide bonds. The summed E-state index contributed by atoms with van der Waals surface area (Å²) in [7, 11) is 4.11. The van der Waals surface area contributed by atoms with E-state index in [4.69, 9.17) is 4.74 Å².